The van der Waals surface area contributed by atoms with Gasteiger partial charge in [0.1, 0.15) is 24.0 Å². The van der Waals surface area contributed by atoms with E-state index in [9.17, 15) is 9.18 Å². The highest BCUT2D eigenvalue weighted by molar-refractivity contribution is 6.32. The van der Waals surface area contributed by atoms with Crippen LogP contribution < -0.4 is 4.74 Å². The highest BCUT2D eigenvalue weighted by Crippen LogP contribution is 2.26. The molecule has 0 bridgehead atoms. The monoisotopic (exact) mass is 406 g/mol. The van der Waals surface area contributed by atoms with E-state index in [1.54, 1.807) is 11.1 Å². The van der Waals surface area contributed by atoms with Crippen molar-refractivity contribution in [3.8, 4) is 5.75 Å². The van der Waals surface area contributed by atoms with Crippen LogP contribution in [0.3, 0.4) is 0 Å². The van der Waals surface area contributed by atoms with Crippen LogP contribution in [0.25, 0.3) is 0 Å². The molecule has 28 heavy (non-hydrogen) atoms. The van der Waals surface area contributed by atoms with Gasteiger partial charge in [-0.3, -0.25) is 4.79 Å². The van der Waals surface area contributed by atoms with E-state index in [-0.39, 0.29) is 29.3 Å². The van der Waals surface area contributed by atoms with Gasteiger partial charge < -0.3 is 18.7 Å². The number of rotatable bonds is 7. The standard InChI is InChI=1S/C19H20ClFN4O3/c1-12(2)25(10-18-22-6-7-24(18)3)19(26)16-9-14(28-23-16)11-27-17-5-4-13(21)8-15(17)20/h4-9,12H,10-11H2,1-3H3. The maximum absolute atomic E-state index is 13.1. The lowest BCUT2D eigenvalue weighted by Crippen LogP contribution is -2.37. The van der Waals surface area contributed by atoms with Crippen LogP contribution in [0.4, 0.5) is 4.39 Å². The van der Waals surface area contributed by atoms with E-state index in [2.05, 4.69) is 10.1 Å². The van der Waals surface area contributed by atoms with Crippen molar-refractivity contribution >= 4 is 17.5 Å². The van der Waals surface area contributed by atoms with E-state index in [0.717, 1.165) is 11.9 Å². The molecular formula is C19H20ClFN4O3. The highest BCUT2D eigenvalue weighted by Gasteiger charge is 2.24. The fourth-order valence-corrected chi connectivity index (χ4v) is 2.78. The van der Waals surface area contributed by atoms with Gasteiger partial charge in [0.15, 0.2) is 11.5 Å². The van der Waals surface area contributed by atoms with Crippen LogP contribution in [0.5, 0.6) is 5.75 Å². The van der Waals surface area contributed by atoms with Crippen LogP contribution in [0, 0.1) is 5.82 Å². The molecular weight excluding hydrogens is 387 g/mol. The minimum absolute atomic E-state index is 0.00662. The summed E-state index contributed by atoms with van der Waals surface area (Å²) in [5.74, 6) is 0.703. The lowest BCUT2D eigenvalue weighted by Gasteiger charge is -2.25. The summed E-state index contributed by atoms with van der Waals surface area (Å²) >= 11 is 5.93. The third-order valence-corrected chi connectivity index (χ3v) is 4.45. The fourth-order valence-electron chi connectivity index (χ4n) is 2.56. The van der Waals surface area contributed by atoms with E-state index in [1.807, 2.05) is 31.7 Å². The van der Waals surface area contributed by atoms with E-state index in [4.69, 9.17) is 20.9 Å². The highest BCUT2D eigenvalue weighted by atomic mass is 35.5. The average molecular weight is 407 g/mol. The Morgan fingerprint density at radius 3 is 2.82 bits per heavy atom. The van der Waals surface area contributed by atoms with Crippen LogP contribution in [-0.4, -0.2) is 31.6 Å². The molecule has 0 saturated heterocycles. The van der Waals surface area contributed by atoms with Gasteiger partial charge in [0.2, 0.25) is 0 Å². The zero-order valence-electron chi connectivity index (χ0n) is 15.7. The molecule has 0 unspecified atom stereocenters. The van der Waals surface area contributed by atoms with Gasteiger partial charge in [-0.2, -0.15) is 0 Å². The first-order chi connectivity index (χ1) is 13.3. The minimum Gasteiger partial charge on any atom is -0.484 e. The summed E-state index contributed by atoms with van der Waals surface area (Å²) in [6.45, 7) is 4.19. The Labute approximate surface area is 166 Å². The van der Waals surface area contributed by atoms with Gasteiger partial charge in [0.25, 0.3) is 5.91 Å². The fraction of sp³-hybridized carbons (Fsp3) is 0.316. The number of nitrogens with zero attached hydrogens (tertiary/aromatic N) is 4. The first-order valence-corrected chi connectivity index (χ1v) is 9.03. The lowest BCUT2D eigenvalue weighted by molar-refractivity contribution is 0.0672. The SMILES string of the molecule is CC(C)N(Cc1nccn1C)C(=O)c1cc(COc2ccc(F)cc2Cl)on1. The number of aryl methyl sites for hydroxylation is 1. The predicted octanol–water partition coefficient (Wildman–Crippen LogP) is 3.83. The molecule has 9 heteroatoms. The zero-order valence-corrected chi connectivity index (χ0v) is 16.5. The molecule has 148 valence electrons. The number of halogens is 2. The quantitative estimate of drug-likeness (QED) is 0.596. The van der Waals surface area contributed by atoms with Gasteiger partial charge in [0.05, 0.1) is 11.6 Å². The van der Waals surface area contributed by atoms with E-state index in [1.165, 1.54) is 18.2 Å². The average Bonchev–Trinajstić information content (AvgIpc) is 3.27. The number of aromatic nitrogens is 3. The van der Waals surface area contributed by atoms with Gasteiger partial charge >= 0.3 is 0 Å². The van der Waals surface area contributed by atoms with Gasteiger partial charge in [-0.15, -0.1) is 0 Å². The smallest absolute Gasteiger partial charge is 0.276 e. The van der Waals surface area contributed by atoms with E-state index in [0.29, 0.717) is 18.1 Å². The van der Waals surface area contributed by atoms with Gasteiger partial charge in [0, 0.05) is 31.5 Å². The Morgan fingerprint density at radius 1 is 1.39 bits per heavy atom. The number of hydrogen-bond acceptors (Lipinski definition) is 5. The molecule has 0 aliphatic carbocycles. The maximum Gasteiger partial charge on any atom is 0.276 e. The molecule has 1 amide bonds. The normalized spacial score (nSPS) is 11.1. The Kier molecular flexibility index (Phi) is 5.99. The molecule has 0 N–H and O–H groups in total. The van der Waals surface area contributed by atoms with Crippen molar-refractivity contribution < 1.29 is 18.4 Å². The number of hydrogen-bond donors (Lipinski definition) is 0. The summed E-state index contributed by atoms with van der Waals surface area (Å²) < 4.78 is 25.7. The number of benzene rings is 1. The zero-order chi connectivity index (χ0) is 20.3. The van der Waals surface area contributed by atoms with Crippen molar-refractivity contribution in [2.45, 2.75) is 33.0 Å². The second kappa shape index (κ2) is 8.43. The second-order valence-corrected chi connectivity index (χ2v) is 6.93. The van der Waals surface area contributed by atoms with E-state index < -0.39 is 5.82 Å². The van der Waals surface area contributed by atoms with Crippen LogP contribution in [0.15, 0.2) is 41.2 Å². The molecule has 7 nitrogen and oxygen atoms in total. The number of imidazole rings is 1. The van der Waals surface area contributed by atoms with Crippen LogP contribution in [0.1, 0.15) is 35.9 Å². The van der Waals surface area contributed by atoms with Crippen molar-refractivity contribution in [3.05, 3.63) is 64.8 Å². The third kappa shape index (κ3) is 4.51. The second-order valence-electron chi connectivity index (χ2n) is 6.52. The molecule has 3 aromatic rings. The van der Waals surface area contributed by atoms with Crippen molar-refractivity contribution in [1.29, 1.82) is 0 Å². The number of carbonyl (C=O) groups is 1. The third-order valence-electron chi connectivity index (χ3n) is 4.16. The van der Waals surface area contributed by atoms with Crippen molar-refractivity contribution in [1.82, 2.24) is 19.6 Å². The molecule has 1 aromatic carbocycles. The molecule has 0 atom stereocenters. The molecule has 0 saturated carbocycles. The van der Waals surface area contributed by atoms with Crippen LogP contribution >= 0.6 is 11.6 Å². The molecule has 0 radical (unpaired) electrons. The minimum atomic E-state index is -0.452. The Balaban J connectivity index is 1.68. The topological polar surface area (TPSA) is 73.4 Å². The summed E-state index contributed by atoms with van der Waals surface area (Å²) in [5.41, 5.74) is 0.173. The summed E-state index contributed by atoms with van der Waals surface area (Å²) in [6, 6.07) is 5.29. The van der Waals surface area contributed by atoms with Crippen LogP contribution in [-0.2, 0) is 20.2 Å². The summed E-state index contributed by atoms with van der Waals surface area (Å²) in [5, 5.41) is 4.00. The molecule has 0 aliphatic heterocycles. The molecule has 0 aliphatic rings. The number of ether oxygens (including phenoxy) is 1. The lowest BCUT2D eigenvalue weighted by atomic mass is 10.2. The summed E-state index contributed by atoms with van der Waals surface area (Å²) in [4.78, 5) is 18.8. The first-order valence-electron chi connectivity index (χ1n) is 8.65. The summed E-state index contributed by atoms with van der Waals surface area (Å²) in [6.07, 6.45) is 3.51. The Morgan fingerprint density at radius 2 is 2.18 bits per heavy atom. The molecule has 3 rings (SSSR count). The molecule has 0 fully saturated rings. The van der Waals surface area contributed by atoms with Crippen LogP contribution in [0.2, 0.25) is 5.02 Å². The molecule has 0 spiro atoms. The number of carbonyl (C=O) groups excluding carboxylic acids is 1. The van der Waals surface area contributed by atoms with Gasteiger partial charge in [-0.05, 0) is 32.0 Å². The molecule has 2 heterocycles. The Hall–Kier alpha value is -2.87. The summed E-state index contributed by atoms with van der Waals surface area (Å²) in [7, 11) is 1.87. The molecule has 2 aromatic heterocycles. The Bertz CT molecular complexity index is 970. The first kappa shape index (κ1) is 19.9. The van der Waals surface area contributed by atoms with Crippen molar-refractivity contribution in [3.63, 3.8) is 0 Å². The van der Waals surface area contributed by atoms with Gasteiger partial charge in [-0.25, -0.2) is 9.37 Å². The van der Waals surface area contributed by atoms with E-state index >= 15 is 0 Å². The van der Waals surface area contributed by atoms with Crippen molar-refractivity contribution in [2.75, 3.05) is 0 Å². The van der Waals surface area contributed by atoms with Crippen molar-refractivity contribution in [2.24, 2.45) is 7.05 Å². The predicted molar refractivity (Wildman–Crippen MR) is 100 cm³/mol. The van der Waals surface area contributed by atoms with Gasteiger partial charge in [-0.1, -0.05) is 16.8 Å². The largest absolute Gasteiger partial charge is 0.484 e. The maximum atomic E-state index is 13.1. The number of amides is 1.